The lowest BCUT2D eigenvalue weighted by Crippen LogP contribution is -2.30. The number of methoxy groups -OCH3 is 2. The Bertz CT molecular complexity index is 2070. The number of fused-ring (bicyclic) bond motifs is 4. The summed E-state index contributed by atoms with van der Waals surface area (Å²) in [5.41, 5.74) is 3.75. The Morgan fingerprint density at radius 3 is 2.55 bits per heavy atom. The van der Waals surface area contributed by atoms with Crippen LogP contribution < -0.4 is 10.1 Å². The Labute approximate surface area is 242 Å². The first-order chi connectivity index (χ1) is 20.2. The first kappa shape index (κ1) is 27.5. The summed E-state index contributed by atoms with van der Waals surface area (Å²) in [7, 11) is 0.852. The predicted octanol–water partition coefficient (Wildman–Crippen LogP) is 3.86. The number of benzene rings is 2. The molecule has 4 aromatic heterocycles. The Morgan fingerprint density at radius 1 is 1.02 bits per heavy atom. The van der Waals surface area contributed by atoms with Gasteiger partial charge < -0.3 is 19.4 Å². The summed E-state index contributed by atoms with van der Waals surface area (Å²) in [5.74, 6) is 0.402. The van der Waals surface area contributed by atoms with Crippen molar-refractivity contribution in [2.75, 3.05) is 27.4 Å². The zero-order chi connectivity index (χ0) is 29.6. The number of carbonyl (C=O) groups is 1. The highest BCUT2D eigenvalue weighted by Gasteiger charge is 2.28. The Morgan fingerprint density at radius 2 is 1.81 bits per heavy atom. The van der Waals surface area contributed by atoms with Gasteiger partial charge in [0.2, 0.25) is 5.91 Å². The van der Waals surface area contributed by atoms with E-state index in [1.165, 1.54) is 3.97 Å². The van der Waals surface area contributed by atoms with Crippen molar-refractivity contribution in [3.05, 3.63) is 72.7 Å². The zero-order valence-corrected chi connectivity index (χ0v) is 24.5. The number of aryl methyl sites for hydroxylation is 2. The topological polar surface area (TPSA) is 122 Å². The van der Waals surface area contributed by atoms with Gasteiger partial charge in [-0.25, -0.2) is 17.4 Å². The molecule has 0 aliphatic rings. The van der Waals surface area contributed by atoms with Gasteiger partial charge in [0, 0.05) is 60.3 Å². The van der Waals surface area contributed by atoms with Crippen LogP contribution in [0, 0.1) is 6.92 Å². The van der Waals surface area contributed by atoms with Crippen molar-refractivity contribution in [1.82, 2.24) is 28.6 Å². The van der Waals surface area contributed by atoms with Gasteiger partial charge in [0.05, 0.1) is 36.0 Å². The third-order valence-corrected chi connectivity index (χ3v) is 9.07. The molecule has 0 spiro atoms. The summed E-state index contributed by atoms with van der Waals surface area (Å²) in [6.07, 6.45) is 5.13. The number of nitrogens with zero attached hydrogens (tertiary/aromatic N) is 5. The number of aromatic nitrogens is 5. The van der Waals surface area contributed by atoms with E-state index in [1.54, 1.807) is 66.3 Å². The molecule has 0 fully saturated rings. The lowest BCUT2D eigenvalue weighted by atomic mass is 10.1. The highest BCUT2D eigenvalue weighted by molar-refractivity contribution is 7.90. The van der Waals surface area contributed by atoms with Crippen LogP contribution in [-0.2, 0) is 33.1 Å². The number of nitrogens with one attached hydrogen (secondary N) is 1. The molecule has 2 aromatic carbocycles. The maximum Gasteiger partial charge on any atom is 0.269 e. The predicted molar refractivity (Wildman–Crippen MR) is 160 cm³/mol. The summed E-state index contributed by atoms with van der Waals surface area (Å²) in [6.45, 7) is 2.71. The van der Waals surface area contributed by atoms with Crippen molar-refractivity contribution in [3.8, 4) is 17.0 Å². The maximum atomic E-state index is 14.4. The maximum absolute atomic E-state index is 14.4. The van der Waals surface area contributed by atoms with Crippen molar-refractivity contribution < 1.29 is 22.7 Å². The fraction of sp³-hybridized carbons (Fsp3) is 0.233. The average molecular weight is 587 g/mol. The molecule has 0 radical (unpaired) electrons. The monoisotopic (exact) mass is 586 g/mol. The quantitative estimate of drug-likeness (QED) is 0.255. The summed E-state index contributed by atoms with van der Waals surface area (Å²) in [6, 6.07) is 14.1. The second-order valence-corrected chi connectivity index (χ2v) is 11.9. The number of pyridine rings is 1. The van der Waals surface area contributed by atoms with Gasteiger partial charge in [0.15, 0.2) is 5.65 Å². The van der Waals surface area contributed by atoms with Gasteiger partial charge in [-0.3, -0.25) is 9.48 Å². The Balaban J connectivity index is 1.64. The average Bonchev–Trinajstić information content (AvgIpc) is 3.66. The van der Waals surface area contributed by atoms with E-state index in [0.29, 0.717) is 35.5 Å². The van der Waals surface area contributed by atoms with Gasteiger partial charge in [-0.1, -0.05) is 17.7 Å². The normalized spacial score (nSPS) is 12.0. The van der Waals surface area contributed by atoms with Crippen LogP contribution in [0.2, 0.25) is 0 Å². The molecule has 0 saturated heterocycles. The van der Waals surface area contributed by atoms with Gasteiger partial charge in [-0.2, -0.15) is 5.10 Å². The first-order valence-corrected chi connectivity index (χ1v) is 14.7. The SMILES string of the molecule is COCCNC(=O)Cn1cc(-c2cc3c4c(cnc3n2S(=O)(=O)c2ccc(C)cc2)cnn4C)c2cc(OC)ccc21. The van der Waals surface area contributed by atoms with Crippen LogP contribution in [0.15, 0.2) is 72.0 Å². The molecular formula is C30H30N6O5S. The lowest BCUT2D eigenvalue weighted by molar-refractivity contribution is -0.121. The van der Waals surface area contributed by atoms with Crippen LogP contribution in [0.1, 0.15) is 5.56 Å². The lowest BCUT2D eigenvalue weighted by Gasteiger charge is -2.12. The molecule has 1 amide bonds. The van der Waals surface area contributed by atoms with Crippen LogP contribution in [0.5, 0.6) is 5.75 Å². The van der Waals surface area contributed by atoms with Crippen LogP contribution in [0.4, 0.5) is 0 Å². The molecule has 1 N–H and O–H groups in total. The number of rotatable bonds is 9. The molecule has 42 heavy (non-hydrogen) atoms. The number of hydrogen-bond donors (Lipinski definition) is 1. The molecule has 216 valence electrons. The third-order valence-electron chi connectivity index (χ3n) is 7.35. The van der Waals surface area contributed by atoms with Gasteiger partial charge in [-0.15, -0.1) is 0 Å². The largest absolute Gasteiger partial charge is 0.497 e. The minimum absolute atomic E-state index is 0.0295. The van der Waals surface area contributed by atoms with Crippen LogP contribution in [0.25, 0.3) is 44.1 Å². The molecular weight excluding hydrogens is 556 g/mol. The van der Waals surface area contributed by atoms with E-state index in [0.717, 1.165) is 27.4 Å². The molecule has 0 unspecified atom stereocenters. The van der Waals surface area contributed by atoms with Crippen LogP contribution >= 0.6 is 0 Å². The van der Waals surface area contributed by atoms with Crippen LogP contribution in [0.3, 0.4) is 0 Å². The molecule has 6 aromatic rings. The smallest absolute Gasteiger partial charge is 0.269 e. The standard InChI is InChI=1S/C30H30N6O5S/c1-19-5-8-22(9-6-19)42(38,39)36-27(14-24-29-20(15-32-30(24)36)16-33-34(29)2)25-17-35(18-28(37)31-11-12-40-3)26-10-7-21(41-4)13-23(25)26/h5-10,13-17H,11-12,18H2,1-4H3,(H,31,37). The van der Waals surface area contributed by atoms with Gasteiger partial charge >= 0.3 is 0 Å². The molecule has 12 heteroatoms. The van der Waals surface area contributed by atoms with E-state index in [-0.39, 0.29) is 23.0 Å². The minimum Gasteiger partial charge on any atom is -0.497 e. The molecule has 0 aliphatic carbocycles. The van der Waals surface area contributed by atoms with Crippen molar-refractivity contribution in [3.63, 3.8) is 0 Å². The Kier molecular flexibility index (Phi) is 6.95. The molecule has 11 nitrogen and oxygen atoms in total. The van der Waals surface area contributed by atoms with Crippen LogP contribution in [-0.4, -0.2) is 65.0 Å². The zero-order valence-electron chi connectivity index (χ0n) is 23.7. The molecule has 4 heterocycles. The van der Waals surface area contributed by atoms with Gasteiger partial charge in [-0.05, 0) is 43.3 Å². The second-order valence-electron chi connectivity index (χ2n) is 10.1. The highest BCUT2D eigenvalue weighted by atomic mass is 32.2. The van der Waals surface area contributed by atoms with E-state index in [9.17, 15) is 13.2 Å². The second kappa shape index (κ2) is 10.6. The van der Waals surface area contributed by atoms with Crippen molar-refractivity contribution in [1.29, 1.82) is 0 Å². The summed E-state index contributed by atoms with van der Waals surface area (Å²) in [5, 5.41) is 9.37. The fourth-order valence-electron chi connectivity index (χ4n) is 5.28. The van der Waals surface area contributed by atoms with E-state index >= 15 is 0 Å². The number of carbonyl (C=O) groups excluding carboxylic acids is 1. The molecule has 0 bridgehead atoms. The van der Waals surface area contributed by atoms with E-state index in [2.05, 4.69) is 15.4 Å². The molecule has 0 atom stereocenters. The van der Waals surface area contributed by atoms with Gasteiger partial charge in [0.1, 0.15) is 12.3 Å². The first-order valence-electron chi connectivity index (χ1n) is 13.3. The number of hydrogen-bond acceptors (Lipinski definition) is 7. The summed E-state index contributed by atoms with van der Waals surface area (Å²) < 4.78 is 44.1. The summed E-state index contributed by atoms with van der Waals surface area (Å²) >= 11 is 0. The van der Waals surface area contributed by atoms with E-state index in [1.807, 2.05) is 38.2 Å². The Hall–Kier alpha value is -4.68. The molecule has 0 saturated carbocycles. The van der Waals surface area contributed by atoms with Crippen molar-refractivity contribution in [2.45, 2.75) is 18.4 Å². The third kappa shape index (κ3) is 4.58. The van der Waals surface area contributed by atoms with E-state index < -0.39 is 10.0 Å². The van der Waals surface area contributed by atoms with E-state index in [4.69, 9.17) is 9.47 Å². The number of ether oxygens (including phenoxy) is 2. The number of amides is 1. The summed E-state index contributed by atoms with van der Waals surface area (Å²) in [4.78, 5) is 17.5. The minimum atomic E-state index is -4.10. The fourth-order valence-corrected chi connectivity index (χ4v) is 6.75. The molecule has 0 aliphatic heterocycles. The highest BCUT2D eigenvalue weighted by Crippen LogP contribution is 2.39. The van der Waals surface area contributed by atoms with Crippen molar-refractivity contribution >= 4 is 48.8 Å². The van der Waals surface area contributed by atoms with Crippen molar-refractivity contribution in [2.24, 2.45) is 7.05 Å². The van der Waals surface area contributed by atoms with Gasteiger partial charge in [0.25, 0.3) is 10.0 Å². The molecule has 6 rings (SSSR count).